The van der Waals surface area contributed by atoms with E-state index in [1.54, 1.807) is 0 Å². The maximum Gasteiger partial charge on any atom is 0.573 e. The lowest BCUT2D eigenvalue weighted by molar-refractivity contribution is -0.274. The molecule has 0 unspecified atom stereocenters. The summed E-state index contributed by atoms with van der Waals surface area (Å²) in [5.74, 6) is -0.288. The van der Waals surface area contributed by atoms with Crippen LogP contribution in [-0.4, -0.2) is 6.36 Å². The highest BCUT2D eigenvalue weighted by Crippen LogP contribution is 2.32. The summed E-state index contributed by atoms with van der Waals surface area (Å²) in [6, 6.07) is 2.64. The molecule has 6 heteroatoms. The van der Waals surface area contributed by atoms with Gasteiger partial charge < -0.3 is 10.5 Å². The fraction of sp³-hybridized carbons (Fsp3) is 0.250. The van der Waals surface area contributed by atoms with E-state index in [1.807, 2.05) is 0 Å². The highest BCUT2D eigenvalue weighted by atomic mass is 79.9. The highest BCUT2D eigenvalue weighted by molar-refractivity contribution is 9.10. The van der Waals surface area contributed by atoms with Crippen molar-refractivity contribution in [1.82, 2.24) is 0 Å². The monoisotopic (exact) mass is 269 g/mol. The normalized spacial score (nSPS) is 11.5. The number of anilines is 1. The standard InChI is InChI=1S/C8H7BrF3NO/c1-4-6(9)2-5(13)3-7(4)14-8(10,11)12/h2-3H,13H2,1H3. The minimum atomic E-state index is -4.70. The van der Waals surface area contributed by atoms with Crippen molar-refractivity contribution in [1.29, 1.82) is 0 Å². The fourth-order valence-corrected chi connectivity index (χ4v) is 1.36. The summed E-state index contributed by atoms with van der Waals surface area (Å²) < 4.78 is 40.0. The summed E-state index contributed by atoms with van der Waals surface area (Å²) in [4.78, 5) is 0. The Hall–Kier alpha value is -0.910. The van der Waals surface area contributed by atoms with Gasteiger partial charge in [0, 0.05) is 21.8 Å². The molecule has 0 saturated carbocycles. The van der Waals surface area contributed by atoms with E-state index in [9.17, 15) is 13.2 Å². The molecule has 0 aliphatic heterocycles. The number of hydrogen-bond acceptors (Lipinski definition) is 2. The number of alkyl halides is 3. The summed E-state index contributed by atoms with van der Waals surface area (Å²) >= 11 is 3.08. The number of benzene rings is 1. The Kier molecular flexibility index (Phi) is 2.94. The van der Waals surface area contributed by atoms with E-state index >= 15 is 0 Å². The van der Waals surface area contributed by atoms with Gasteiger partial charge in [0.05, 0.1) is 0 Å². The first-order valence-electron chi connectivity index (χ1n) is 3.61. The molecule has 0 atom stereocenters. The van der Waals surface area contributed by atoms with E-state index in [1.165, 1.54) is 13.0 Å². The molecule has 1 aromatic rings. The van der Waals surface area contributed by atoms with Gasteiger partial charge in [-0.25, -0.2) is 0 Å². The molecular formula is C8H7BrF3NO. The van der Waals surface area contributed by atoms with Crippen molar-refractivity contribution in [3.05, 3.63) is 22.2 Å². The molecule has 0 bridgehead atoms. The highest BCUT2D eigenvalue weighted by Gasteiger charge is 2.32. The lowest BCUT2D eigenvalue weighted by Crippen LogP contribution is -2.18. The molecule has 0 aromatic heterocycles. The Bertz CT molecular complexity index is 351. The van der Waals surface area contributed by atoms with E-state index in [0.29, 0.717) is 10.0 Å². The van der Waals surface area contributed by atoms with Gasteiger partial charge in [-0.2, -0.15) is 0 Å². The summed E-state index contributed by atoms with van der Waals surface area (Å²) in [6.07, 6.45) is -4.70. The second-order valence-electron chi connectivity index (χ2n) is 2.67. The molecule has 0 amide bonds. The van der Waals surface area contributed by atoms with Gasteiger partial charge in [0.2, 0.25) is 0 Å². The minimum Gasteiger partial charge on any atom is -0.405 e. The quantitative estimate of drug-likeness (QED) is 0.795. The Labute approximate surface area is 87.0 Å². The maximum atomic E-state index is 11.9. The SMILES string of the molecule is Cc1c(Br)cc(N)cc1OC(F)(F)F. The molecule has 0 aliphatic rings. The van der Waals surface area contributed by atoms with Crippen LogP contribution in [0.1, 0.15) is 5.56 Å². The third-order valence-corrected chi connectivity index (χ3v) is 2.37. The van der Waals surface area contributed by atoms with Gasteiger partial charge in [-0.3, -0.25) is 0 Å². The van der Waals surface area contributed by atoms with Crippen molar-refractivity contribution >= 4 is 21.6 Å². The molecule has 78 valence electrons. The topological polar surface area (TPSA) is 35.2 Å². The Morgan fingerprint density at radius 2 is 1.93 bits per heavy atom. The Balaban J connectivity index is 3.09. The van der Waals surface area contributed by atoms with Crippen LogP contribution in [0.25, 0.3) is 0 Å². The van der Waals surface area contributed by atoms with Crippen LogP contribution in [0, 0.1) is 6.92 Å². The van der Waals surface area contributed by atoms with Crippen LogP contribution in [0.2, 0.25) is 0 Å². The average molecular weight is 270 g/mol. The van der Waals surface area contributed by atoms with Crippen molar-refractivity contribution in [3.63, 3.8) is 0 Å². The van der Waals surface area contributed by atoms with Crippen LogP contribution in [0.15, 0.2) is 16.6 Å². The first-order chi connectivity index (χ1) is 6.29. The van der Waals surface area contributed by atoms with Crippen LogP contribution in [0.5, 0.6) is 5.75 Å². The van der Waals surface area contributed by atoms with E-state index in [2.05, 4.69) is 20.7 Å². The zero-order chi connectivity index (χ0) is 10.9. The second-order valence-corrected chi connectivity index (χ2v) is 3.53. The molecule has 2 nitrogen and oxygen atoms in total. The molecule has 0 heterocycles. The number of hydrogen-bond donors (Lipinski definition) is 1. The second kappa shape index (κ2) is 3.68. The number of rotatable bonds is 1. The molecule has 0 saturated heterocycles. The summed E-state index contributed by atoms with van der Waals surface area (Å²) in [5, 5.41) is 0. The molecular weight excluding hydrogens is 263 g/mol. The van der Waals surface area contributed by atoms with E-state index in [-0.39, 0.29) is 11.4 Å². The van der Waals surface area contributed by atoms with Crippen LogP contribution < -0.4 is 10.5 Å². The average Bonchev–Trinajstić information content (AvgIpc) is 1.96. The first-order valence-corrected chi connectivity index (χ1v) is 4.40. The predicted octanol–water partition coefficient (Wildman–Crippen LogP) is 3.24. The Morgan fingerprint density at radius 1 is 1.36 bits per heavy atom. The van der Waals surface area contributed by atoms with Gasteiger partial charge in [0.1, 0.15) is 5.75 Å². The van der Waals surface area contributed by atoms with Gasteiger partial charge in [0.15, 0.2) is 0 Å². The fourth-order valence-electron chi connectivity index (χ4n) is 0.904. The lowest BCUT2D eigenvalue weighted by atomic mass is 10.2. The summed E-state index contributed by atoms with van der Waals surface area (Å²) in [6.45, 7) is 1.50. The summed E-state index contributed by atoms with van der Waals surface area (Å²) in [7, 11) is 0. The molecule has 0 aliphatic carbocycles. The van der Waals surface area contributed by atoms with Gasteiger partial charge in [-0.05, 0) is 13.0 Å². The van der Waals surface area contributed by atoms with Crippen molar-refractivity contribution in [2.24, 2.45) is 0 Å². The number of nitrogens with two attached hydrogens (primary N) is 1. The number of ether oxygens (including phenoxy) is 1. The molecule has 0 spiro atoms. The van der Waals surface area contributed by atoms with Gasteiger partial charge in [-0.15, -0.1) is 13.2 Å². The van der Waals surface area contributed by atoms with Crippen molar-refractivity contribution in [2.45, 2.75) is 13.3 Å². The zero-order valence-electron chi connectivity index (χ0n) is 7.15. The van der Waals surface area contributed by atoms with Crippen molar-refractivity contribution in [2.75, 3.05) is 5.73 Å². The third-order valence-electron chi connectivity index (χ3n) is 1.54. The largest absolute Gasteiger partial charge is 0.573 e. The van der Waals surface area contributed by atoms with Crippen molar-refractivity contribution in [3.8, 4) is 5.75 Å². The van der Waals surface area contributed by atoms with E-state index < -0.39 is 6.36 Å². The first kappa shape index (κ1) is 11.2. The van der Waals surface area contributed by atoms with Crippen LogP contribution >= 0.6 is 15.9 Å². The molecule has 1 rings (SSSR count). The van der Waals surface area contributed by atoms with Gasteiger partial charge in [0.25, 0.3) is 0 Å². The molecule has 1 aromatic carbocycles. The number of nitrogen functional groups attached to an aromatic ring is 1. The molecule has 0 fully saturated rings. The van der Waals surface area contributed by atoms with Crippen molar-refractivity contribution < 1.29 is 17.9 Å². The van der Waals surface area contributed by atoms with Crippen LogP contribution in [0.4, 0.5) is 18.9 Å². The third kappa shape index (κ3) is 2.80. The lowest BCUT2D eigenvalue weighted by Gasteiger charge is -2.12. The molecule has 2 N–H and O–H groups in total. The van der Waals surface area contributed by atoms with E-state index in [4.69, 9.17) is 5.73 Å². The predicted molar refractivity (Wildman–Crippen MR) is 50.0 cm³/mol. The van der Waals surface area contributed by atoms with E-state index in [0.717, 1.165) is 6.07 Å². The molecule has 14 heavy (non-hydrogen) atoms. The van der Waals surface area contributed by atoms with Crippen LogP contribution in [0.3, 0.4) is 0 Å². The maximum absolute atomic E-state index is 11.9. The van der Waals surface area contributed by atoms with Gasteiger partial charge >= 0.3 is 6.36 Å². The molecule has 0 radical (unpaired) electrons. The summed E-state index contributed by atoms with van der Waals surface area (Å²) in [5.41, 5.74) is 5.94. The number of halogens is 4. The zero-order valence-corrected chi connectivity index (χ0v) is 8.74. The Morgan fingerprint density at radius 3 is 2.43 bits per heavy atom. The minimum absolute atomic E-state index is 0.210. The van der Waals surface area contributed by atoms with Crippen LogP contribution in [-0.2, 0) is 0 Å². The van der Waals surface area contributed by atoms with Gasteiger partial charge in [-0.1, -0.05) is 15.9 Å². The smallest absolute Gasteiger partial charge is 0.405 e.